The number of nitrogens with one attached hydrogen (secondary N) is 1. The molecular weight excluding hydrogens is 278 g/mol. The molecule has 1 N–H and O–H groups in total. The van der Waals surface area contributed by atoms with Crippen LogP contribution in [0.3, 0.4) is 0 Å². The number of amides is 1. The Kier molecular flexibility index (Phi) is 5.22. The maximum atomic E-state index is 12.4. The first-order valence-electron chi connectivity index (χ1n) is 7.99. The fraction of sp³-hybridized carbons (Fsp3) is 0.556. The molecule has 1 saturated carbocycles. The molecule has 0 heterocycles. The van der Waals surface area contributed by atoms with Crippen molar-refractivity contribution in [1.82, 2.24) is 5.32 Å². The lowest BCUT2D eigenvalue weighted by Crippen LogP contribution is -2.49. The van der Waals surface area contributed by atoms with E-state index < -0.39 is 11.6 Å². The van der Waals surface area contributed by atoms with Crippen molar-refractivity contribution in [2.24, 2.45) is 0 Å². The van der Waals surface area contributed by atoms with Gasteiger partial charge in [0.2, 0.25) is 0 Å². The number of esters is 1. The van der Waals surface area contributed by atoms with Gasteiger partial charge in [-0.2, -0.15) is 0 Å². The van der Waals surface area contributed by atoms with Crippen molar-refractivity contribution in [3.63, 3.8) is 0 Å². The molecule has 4 heteroatoms. The van der Waals surface area contributed by atoms with Crippen molar-refractivity contribution >= 4 is 11.9 Å². The Morgan fingerprint density at radius 1 is 1.09 bits per heavy atom. The van der Waals surface area contributed by atoms with E-state index in [9.17, 15) is 9.59 Å². The van der Waals surface area contributed by atoms with E-state index in [1.54, 1.807) is 26.0 Å². The Morgan fingerprint density at radius 3 is 2.27 bits per heavy atom. The lowest BCUT2D eigenvalue weighted by Gasteiger charge is -2.29. The van der Waals surface area contributed by atoms with E-state index in [4.69, 9.17) is 4.74 Å². The molecule has 0 bridgehead atoms. The molecule has 0 radical (unpaired) electrons. The molecule has 0 atom stereocenters. The molecule has 0 spiro atoms. The molecule has 1 fully saturated rings. The summed E-state index contributed by atoms with van der Waals surface area (Å²) >= 11 is 0. The largest absolute Gasteiger partial charge is 0.446 e. The molecule has 1 aliphatic rings. The van der Waals surface area contributed by atoms with Crippen molar-refractivity contribution in [1.29, 1.82) is 0 Å². The average Bonchev–Trinajstić information content (AvgIpc) is 2.48. The third kappa shape index (κ3) is 4.33. The minimum absolute atomic E-state index is 0.207. The average molecular weight is 303 g/mol. The van der Waals surface area contributed by atoms with E-state index in [1.807, 2.05) is 19.1 Å². The van der Waals surface area contributed by atoms with Gasteiger partial charge in [0.25, 0.3) is 5.91 Å². The minimum Gasteiger partial charge on any atom is -0.446 e. The number of benzene rings is 1. The maximum absolute atomic E-state index is 12.4. The van der Waals surface area contributed by atoms with Gasteiger partial charge < -0.3 is 10.1 Å². The van der Waals surface area contributed by atoms with E-state index in [2.05, 4.69) is 5.32 Å². The van der Waals surface area contributed by atoms with Crippen molar-refractivity contribution in [2.45, 2.75) is 64.5 Å². The lowest BCUT2D eigenvalue weighted by molar-refractivity contribution is -0.138. The SMILES string of the molecule is Cc1ccc(C(=O)OC(C)(C)C(=O)NC2CCCCC2)cc1. The smallest absolute Gasteiger partial charge is 0.339 e. The van der Waals surface area contributed by atoms with Crippen LogP contribution in [0.15, 0.2) is 24.3 Å². The Morgan fingerprint density at radius 2 is 1.68 bits per heavy atom. The van der Waals surface area contributed by atoms with E-state index in [1.165, 1.54) is 6.42 Å². The third-order valence-corrected chi connectivity index (χ3v) is 4.12. The number of carbonyl (C=O) groups excluding carboxylic acids is 2. The predicted octanol–water partition coefficient (Wildman–Crippen LogP) is 3.38. The second-order valence-corrected chi connectivity index (χ2v) is 6.57. The van der Waals surface area contributed by atoms with Crippen molar-refractivity contribution in [3.8, 4) is 0 Å². The summed E-state index contributed by atoms with van der Waals surface area (Å²) < 4.78 is 5.42. The zero-order chi connectivity index (χ0) is 16.2. The minimum atomic E-state index is -1.17. The van der Waals surface area contributed by atoms with Crippen molar-refractivity contribution in [2.75, 3.05) is 0 Å². The fourth-order valence-electron chi connectivity index (χ4n) is 2.63. The molecule has 120 valence electrons. The first-order chi connectivity index (χ1) is 10.4. The summed E-state index contributed by atoms with van der Waals surface area (Å²) in [5.41, 5.74) is 0.370. The summed E-state index contributed by atoms with van der Waals surface area (Å²) in [6, 6.07) is 7.34. The van der Waals surface area contributed by atoms with Gasteiger partial charge in [-0.25, -0.2) is 4.79 Å². The van der Waals surface area contributed by atoms with Gasteiger partial charge in [-0.3, -0.25) is 4.79 Å². The van der Waals surface area contributed by atoms with Gasteiger partial charge in [0.15, 0.2) is 5.60 Å². The van der Waals surface area contributed by atoms with Crippen molar-refractivity contribution in [3.05, 3.63) is 35.4 Å². The van der Waals surface area contributed by atoms with Crippen LogP contribution in [-0.4, -0.2) is 23.5 Å². The molecule has 0 aliphatic heterocycles. The summed E-state index contributed by atoms with van der Waals surface area (Å²) in [6.07, 6.45) is 5.54. The highest BCUT2D eigenvalue weighted by Gasteiger charge is 2.34. The topological polar surface area (TPSA) is 55.4 Å². The zero-order valence-electron chi connectivity index (χ0n) is 13.6. The molecule has 1 aliphatic carbocycles. The van der Waals surface area contributed by atoms with Crippen LogP contribution in [0.5, 0.6) is 0 Å². The van der Waals surface area contributed by atoms with E-state index in [-0.39, 0.29) is 11.9 Å². The van der Waals surface area contributed by atoms with E-state index in [0.29, 0.717) is 5.56 Å². The summed E-state index contributed by atoms with van der Waals surface area (Å²) in [7, 11) is 0. The normalized spacial score (nSPS) is 16.1. The number of ether oxygens (including phenoxy) is 1. The quantitative estimate of drug-likeness (QED) is 0.868. The van der Waals surface area contributed by atoms with Crippen LogP contribution < -0.4 is 5.32 Å². The van der Waals surface area contributed by atoms with Gasteiger partial charge in [0, 0.05) is 6.04 Å². The number of rotatable bonds is 4. The van der Waals surface area contributed by atoms with Gasteiger partial charge in [-0.05, 0) is 45.7 Å². The van der Waals surface area contributed by atoms with Crippen LogP contribution in [-0.2, 0) is 9.53 Å². The lowest BCUT2D eigenvalue weighted by atomic mass is 9.94. The summed E-state index contributed by atoms with van der Waals surface area (Å²) in [6.45, 7) is 5.23. The van der Waals surface area contributed by atoms with Gasteiger partial charge >= 0.3 is 5.97 Å². The molecule has 0 unspecified atom stereocenters. The second-order valence-electron chi connectivity index (χ2n) is 6.57. The predicted molar refractivity (Wildman–Crippen MR) is 85.7 cm³/mol. The molecule has 1 aromatic rings. The summed E-state index contributed by atoms with van der Waals surface area (Å²) in [5.74, 6) is -0.691. The highest BCUT2D eigenvalue weighted by molar-refractivity contribution is 5.93. The Labute approximate surface area is 132 Å². The fourth-order valence-corrected chi connectivity index (χ4v) is 2.63. The first kappa shape index (κ1) is 16.5. The highest BCUT2D eigenvalue weighted by atomic mass is 16.6. The Hall–Kier alpha value is -1.84. The molecule has 0 aromatic heterocycles. The van der Waals surface area contributed by atoms with Crippen LogP contribution in [0.1, 0.15) is 61.9 Å². The Balaban J connectivity index is 1.95. The van der Waals surface area contributed by atoms with Gasteiger partial charge in [0.05, 0.1) is 5.56 Å². The maximum Gasteiger partial charge on any atom is 0.339 e. The standard InChI is InChI=1S/C18H25NO3/c1-13-9-11-14(12-10-13)16(20)22-18(2,3)17(21)19-15-7-5-4-6-8-15/h9-12,15H,4-8H2,1-3H3,(H,19,21). The number of hydrogen-bond donors (Lipinski definition) is 1. The molecule has 2 rings (SSSR count). The molecule has 4 nitrogen and oxygen atoms in total. The summed E-state index contributed by atoms with van der Waals surface area (Å²) in [4.78, 5) is 24.5. The van der Waals surface area contributed by atoms with Crippen LogP contribution in [0, 0.1) is 6.92 Å². The van der Waals surface area contributed by atoms with Crippen LogP contribution in [0.4, 0.5) is 0 Å². The Bertz CT molecular complexity index is 528. The van der Waals surface area contributed by atoms with Gasteiger partial charge in [-0.15, -0.1) is 0 Å². The van der Waals surface area contributed by atoms with Gasteiger partial charge in [0.1, 0.15) is 0 Å². The highest BCUT2D eigenvalue weighted by Crippen LogP contribution is 2.20. The first-order valence-corrected chi connectivity index (χ1v) is 7.99. The molecule has 0 saturated heterocycles. The zero-order valence-corrected chi connectivity index (χ0v) is 13.6. The summed E-state index contributed by atoms with van der Waals surface area (Å²) in [5, 5.41) is 3.01. The van der Waals surface area contributed by atoms with Gasteiger partial charge in [-0.1, -0.05) is 37.0 Å². The second kappa shape index (κ2) is 6.95. The molecule has 1 amide bonds. The monoisotopic (exact) mass is 303 g/mol. The third-order valence-electron chi connectivity index (χ3n) is 4.12. The van der Waals surface area contributed by atoms with E-state index >= 15 is 0 Å². The number of aryl methyl sites for hydroxylation is 1. The number of carbonyl (C=O) groups is 2. The van der Waals surface area contributed by atoms with Crippen LogP contribution in [0.2, 0.25) is 0 Å². The number of hydrogen-bond acceptors (Lipinski definition) is 3. The van der Waals surface area contributed by atoms with Crippen LogP contribution in [0.25, 0.3) is 0 Å². The van der Waals surface area contributed by atoms with E-state index in [0.717, 1.165) is 31.2 Å². The molecule has 1 aromatic carbocycles. The molecule has 22 heavy (non-hydrogen) atoms. The van der Waals surface area contributed by atoms with Crippen LogP contribution >= 0.6 is 0 Å². The molecular formula is C18H25NO3. The van der Waals surface area contributed by atoms with Crippen molar-refractivity contribution < 1.29 is 14.3 Å².